The van der Waals surface area contributed by atoms with Crippen LogP contribution in [0.25, 0.3) is 5.76 Å². The number of nitrogens with zero attached hydrogens (tertiary/aromatic N) is 1. The maximum Gasteiger partial charge on any atom is 0.295 e. The molecule has 2 aliphatic heterocycles. The molecule has 0 aliphatic carbocycles. The van der Waals surface area contributed by atoms with Crippen molar-refractivity contribution in [2.75, 3.05) is 13.2 Å². The van der Waals surface area contributed by atoms with E-state index in [1.54, 1.807) is 11.0 Å². The topological polar surface area (TPSA) is 76.1 Å². The number of aliphatic hydroxyl groups excluding tert-OH is 1. The molecule has 0 unspecified atom stereocenters. The van der Waals surface area contributed by atoms with E-state index in [2.05, 4.69) is 6.92 Å². The molecule has 0 aromatic heterocycles. The first-order chi connectivity index (χ1) is 18.5. The Bertz CT molecular complexity index is 1350. The van der Waals surface area contributed by atoms with Crippen molar-refractivity contribution in [3.63, 3.8) is 0 Å². The molecular weight excluding hydrogens is 478 g/mol. The van der Waals surface area contributed by atoms with E-state index < -0.39 is 17.7 Å². The summed E-state index contributed by atoms with van der Waals surface area (Å²) in [6.45, 7) is 5.08. The second-order valence-electron chi connectivity index (χ2n) is 9.95. The normalized spacial score (nSPS) is 19.9. The molecule has 2 heterocycles. The molecular formula is C32H33NO5. The van der Waals surface area contributed by atoms with Gasteiger partial charge in [0.05, 0.1) is 18.2 Å². The molecule has 3 aromatic rings. The quantitative estimate of drug-likeness (QED) is 0.169. The molecule has 38 heavy (non-hydrogen) atoms. The van der Waals surface area contributed by atoms with Crippen molar-refractivity contribution in [1.29, 1.82) is 0 Å². The first-order valence-corrected chi connectivity index (χ1v) is 13.3. The van der Waals surface area contributed by atoms with Gasteiger partial charge in [0, 0.05) is 18.5 Å². The van der Waals surface area contributed by atoms with E-state index >= 15 is 0 Å². The molecule has 6 heteroatoms. The molecule has 0 radical (unpaired) electrons. The van der Waals surface area contributed by atoms with Crippen LogP contribution in [-0.4, -0.2) is 41.0 Å². The lowest BCUT2D eigenvalue weighted by Gasteiger charge is -2.25. The minimum atomic E-state index is -0.702. The van der Waals surface area contributed by atoms with Crippen molar-refractivity contribution in [2.45, 2.75) is 51.7 Å². The number of fused-ring (bicyclic) bond motifs is 1. The van der Waals surface area contributed by atoms with Crippen LogP contribution < -0.4 is 9.47 Å². The lowest BCUT2D eigenvalue weighted by atomic mass is 9.94. The second kappa shape index (κ2) is 11.1. The van der Waals surface area contributed by atoms with Crippen LogP contribution in [0.15, 0.2) is 78.4 Å². The van der Waals surface area contributed by atoms with Crippen LogP contribution in [0.5, 0.6) is 11.5 Å². The number of rotatable bonds is 9. The summed E-state index contributed by atoms with van der Waals surface area (Å²) in [6.07, 6.45) is 3.39. The summed E-state index contributed by atoms with van der Waals surface area (Å²) in [5.74, 6) is 0.0766. The van der Waals surface area contributed by atoms with E-state index in [1.165, 1.54) is 0 Å². The average Bonchev–Trinajstić information content (AvgIpc) is 3.43. The van der Waals surface area contributed by atoms with Gasteiger partial charge >= 0.3 is 0 Å². The molecule has 3 aromatic carbocycles. The highest BCUT2D eigenvalue weighted by Crippen LogP contribution is 2.41. The van der Waals surface area contributed by atoms with E-state index in [-0.39, 0.29) is 17.4 Å². The van der Waals surface area contributed by atoms with Crippen molar-refractivity contribution < 1.29 is 24.2 Å². The third-order valence-corrected chi connectivity index (χ3v) is 7.16. The first-order valence-electron chi connectivity index (χ1n) is 13.3. The number of benzene rings is 3. The van der Waals surface area contributed by atoms with E-state index in [1.807, 2.05) is 73.7 Å². The Labute approximate surface area is 223 Å². The maximum atomic E-state index is 13.4. The maximum absolute atomic E-state index is 13.4. The molecule has 6 nitrogen and oxygen atoms in total. The summed E-state index contributed by atoms with van der Waals surface area (Å²) in [7, 11) is 0. The highest BCUT2D eigenvalue weighted by Gasteiger charge is 2.46. The van der Waals surface area contributed by atoms with Gasteiger partial charge in [-0.05, 0) is 66.8 Å². The van der Waals surface area contributed by atoms with Crippen LogP contribution in [-0.2, 0) is 22.4 Å². The van der Waals surface area contributed by atoms with E-state index in [0.717, 1.165) is 47.5 Å². The Kier molecular flexibility index (Phi) is 7.50. The third-order valence-electron chi connectivity index (χ3n) is 7.16. The summed E-state index contributed by atoms with van der Waals surface area (Å²) < 4.78 is 11.6. The molecule has 1 saturated heterocycles. The molecule has 0 bridgehead atoms. The van der Waals surface area contributed by atoms with Gasteiger partial charge < -0.3 is 19.5 Å². The third kappa shape index (κ3) is 5.17. The zero-order chi connectivity index (χ0) is 26.6. The van der Waals surface area contributed by atoms with Crippen molar-refractivity contribution >= 4 is 17.4 Å². The lowest BCUT2D eigenvalue weighted by Crippen LogP contribution is -2.31. The highest BCUT2D eigenvalue weighted by molar-refractivity contribution is 6.46. The summed E-state index contributed by atoms with van der Waals surface area (Å²) in [5.41, 5.74) is 3.41. The van der Waals surface area contributed by atoms with Gasteiger partial charge in [0.25, 0.3) is 11.7 Å². The zero-order valence-corrected chi connectivity index (χ0v) is 21.9. The minimum Gasteiger partial charge on any atom is -0.507 e. The van der Waals surface area contributed by atoms with E-state index in [0.29, 0.717) is 25.1 Å². The number of hydrogen-bond acceptors (Lipinski definition) is 5. The SMILES string of the molecule is CCCCOc1ccc([C@H]2/C(=C(\O)c3ccc4c(c3)C[C@H](C)O4)C(=O)C(=O)N2CCc2ccccc2)cc1. The van der Waals surface area contributed by atoms with Crippen molar-refractivity contribution in [3.05, 3.63) is 101 Å². The van der Waals surface area contributed by atoms with Crippen LogP contribution in [0.2, 0.25) is 0 Å². The molecule has 2 atom stereocenters. The molecule has 1 amide bonds. The van der Waals surface area contributed by atoms with Crippen LogP contribution in [0.3, 0.4) is 0 Å². The number of carbonyl (C=O) groups excluding carboxylic acids is 2. The number of amides is 1. The number of carbonyl (C=O) groups is 2. The van der Waals surface area contributed by atoms with Gasteiger partial charge in [-0.15, -0.1) is 0 Å². The highest BCUT2D eigenvalue weighted by atomic mass is 16.5. The van der Waals surface area contributed by atoms with Gasteiger partial charge in [-0.2, -0.15) is 0 Å². The molecule has 2 aliphatic rings. The monoisotopic (exact) mass is 511 g/mol. The molecule has 5 rings (SSSR count). The minimum absolute atomic E-state index is 0.0593. The second-order valence-corrected chi connectivity index (χ2v) is 9.95. The Morgan fingerprint density at radius 1 is 1.05 bits per heavy atom. The number of ether oxygens (including phenoxy) is 2. The van der Waals surface area contributed by atoms with Crippen LogP contribution in [0, 0.1) is 0 Å². The lowest BCUT2D eigenvalue weighted by molar-refractivity contribution is -0.139. The Morgan fingerprint density at radius 3 is 2.55 bits per heavy atom. The fourth-order valence-electron chi connectivity index (χ4n) is 5.16. The number of Topliss-reactive ketones (excluding diaryl/α,β-unsaturated/α-hetero) is 1. The Balaban J connectivity index is 1.52. The predicted molar refractivity (Wildman–Crippen MR) is 146 cm³/mol. The van der Waals surface area contributed by atoms with Gasteiger partial charge in [-0.3, -0.25) is 9.59 Å². The van der Waals surface area contributed by atoms with Gasteiger partial charge in [0.2, 0.25) is 0 Å². The molecule has 196 valence electrons. The van der Waals surface area contributed by atoms with Gasteiger partial charge in [0.1, 0.15) is 23.4 Å². The average molecular weight is 512 g/mol. The number of hydrogen-bond donors (Lipinski definition) is 1. The first kappa shape index (κ1) is 25.6. The van der Waals surface area contributed by atoms with Crippen LogP contribution in [0.4, 0.5) is 0 Å². The number of likely N-dealkylation sites (tertiary alicyclic amines) is 1. The summed E-state index contributed by atoms with van der Waals surface area (Å²) >= 11 is 0. The number of unbranched alkanes of at least 4 members (excludes halogenated alkanes) is 1. The van der Waals surface area contributed by atoms with Crippen molar-refractivity contribution in [3.8, 4) is 11.5 Å². The number of aliphatic hydroxyl groups is 1. The summed E-state index contributed by atoms with van der Waals surface area (Å²) in [4.78, 5) is 28.3. The van der Waals surface area contributed by atoms with Crippen molar-refractivity contribution in [2.24, 2.45) is 0 Å². The van der Waals surface area contributed by atoms with Gasteiger partial charge in [-0.1, -0.05) is 55.8 Å². The predicted octanol–water partition coefficient (Wildman–Crippen LogP) is 5.85. The molecule has 1 N–H and O–H groups in total. The van der Waals surface area contributed by atoms with E-state index in [4.69, 9.17) is 9.47 Å². The van der Waals surface area contributed by atoms with Crippen molar-refractivity contribution in [1.82, 2.24) is 4.90 Å². The standard InChI is InChI=1S/C32H33NO5/c1-3-4-18-37-26-13-10-23(11-14-26)29-28(30(34)24-12-15-27-25(20-24)19-21(2)38-27)31(35)32(36)33(29)17-16-22-8-6-5-7-9-22/h5-15,20-21,29,34H,3-4,16-19H2,1-2H3/b30-28+/t21-,29-/m0/s1. The van der Waals surface area contributed by atoms with Crippen LogP contribution in [0.1, 0.15) is 55.0 Å². The van der Waals surface area contributed by atoms with Crippen LogP contribution >= 0.6 is 0 Å². The van der Waals surface area contributed by atoms with Gasteiger partial charge in [0.15, 0.2) is 0 Å². The Morgan fingerprint density at radius 2 is 1.82 bits per heavy atom. The number of ketones is 1. The smallest absolute Gasteiger partial charge is 0.295 e. The molecule has 1 fully saturated rings. The fraction of sp³-hybridized carbons (Fsp3) is 0.312. The molecule has 0 saturated carbocycles. The Hall–Kier alpha value is -4.06. The fourth-order valence-corrected chi connectivity index (χ4v) is 5.16. The van der Waals surface area contributed by atoms with E-state index in [9.17, 15) is 14.7 Å². The van der Waals surface area contributed by atoms with Gasteiger partial charge in [-0.25, -0.2) is 0 Å². The zero-order valence-electron chi connectivity index (χ0n) is 21.9. The summed E-state index contributed by atoms with van der Waals surface area (Å²) in [5, 5.41) is 11.5. The molecule has 0 spiro atoms. The largest absolute Gasteiger partial charge is 0.507 e. The summed E-state index contributed by atoms with van der Waals surface area (Å²) in [6, 6.07) is 22.0.